The number of H-pyrrole nitrogens is 1. The molecule has 0 bridgehead atoms. The van der Waals surface area contributed by atoms with Crippen LogP contribution < -0.4 is 5.48 Å². The van der Waals surface area contributed by atoms with E-state index in [1.54, 1.807) is 12.1 Å². The molecule has 3 rings (SSSR count). The maximum atomic E-state index is 12.0. The Kier molecular flexibility index (Phi) is 3.90. The maximum absolute atomic E-state index is 12.0. The molecule has 5 heteroatoms. The summed E-state index contributed by atoms with van der Waals surface area (Å²) in [5.74, 6) is -0.806. The smallest absolute Gasteiger partial charge is 0.335 e. The first-order valence-electron chi connectivity index (χ1n) is 7.32. The number of hydrogen-bond donors (Lipinski definition) is 2. The van der Waals surface area contributed by atoms with Gasteiger partial charge in [0.05, 0.1) is 5.92 Å². The highest BCUT2D eigenvalue weighted by molar-refractivity contribution is 5.98. The second-order valence-corrected chi connectivity index (χ2v) is 5.47. The molecule has 110 valence electrons. The van der Waals surface area contributed by atoms with Crippen molar-refractivity contribution in [1.29, 1.82) is 0 Å². The molecule has 1 aliphatic rings. The molecule has 0 atom stereocenters. The van der Waals surface area contributed by atoms with E-state index in [-0.39, 0.29) is 11.9 Å². The van der Waals surface area contributed by atoms with E-state index in [1.807, 2.05) is 18.3 Å². The molecule has 1 aromatic carbocycles. The molecule has 0 aliphatic heterocycles. The van der Waals surface area contributed by atoms with Gasteiger partial charge in [0, 0.05) is 22.7 Å². The molecule has 21 heavy (non-hydrogen) atoms. The van der Waals surface area contributed by atoms with Crippen molar-refractivity contribution >= 4 is 22.8 Å². The van der Waals surface area contributed by atoms with E-state index in [4.69, 9.17) is 4.84 Å². The number of nitrogens with one attached hydrogen (secondary N) is 2. The fourth-order valence-corrected chi connectivity index (χ4v) is 2.77. The minimum atomic E-state index is -0.401. The van der Waals surface area contributed by atoms with Crippen molar-refractivity contribution in [2.45, 2.75) is 32.1 Å². The van der Waals surface area contributed by atoms with E-state index in [9.17, 15) is 9.59 Å². The van der Waals surface area contributed by atoms with Crippen LogP contribution in [0.3, 0.4) is 0 Å². The summed E-state index contributed by atoms with van der Waals surface area (Å²) in [4.78, 5) is 31.9. The van der Waals surface area contributed by atoms with Crippen LogP contribution in [0.1, 0.15) is 42.5 Å². The van der Waals surface area contributed by atoms with Crippen LogP contribution in [0.5, 0.6) is 0 Å². The van der Waals surface area contributed by atoms with Gasteiger partial charge >= 0.3 is 5.97 Å². The molecule has 1 fully saturated rings. The van der Waals surface area contributed by atoms with Gasteiger partial charge in [0.25, 0.3) is 5.91 Å². The van der Waals surface area contributed by atoms with Crippen molar-refractivity contribution in [2.24, 2.45) is 5.92 Å². The van der Waals surface area contributed by atoms with E-state index in [0.29, 0.717) is 5.56 Å². The Balaban J connectivity index is 1.59. The summed E-state index contributed by atoms with van der Waals surface area (Å²) in [6, 6.07) is 7.17. The number of carbonyl (C=O) groups excluding carboxylic acids is 2. The molecule has 1 aromatic heterocycles. The molecular weight excluding hydrogens is 268 g/mol. The Morgan fingerprint density at radius 1 is 1.14 bits per heavy atom. The number of hydrogen-bond acceptors (Lipinski definition) is 3. The quantitative estimate of drug-likeness (QED) is 0.834. The molecule has 1 aliphatic carbocycles. The standard InChI is InChI=1S/C16H18N2O3/c19-15(13-6-7-14-12(10-13)8-9-17-14)18-21-16(20)11-4-2-1-3-5-11/h6-11,17H,1-5H2,(H,18,19). The SMILES string of the molecule is O=C(NOC(=O)C1CCCCC1)c1ccc2[nH]ccc2c1. The van der Waals surface area contributed by atoms with E-state index in [1.165, 1.54) is 6.42 Å². The molecule has 0 spiro atoms. The average Bonchev–Trinajstić information content (AvgIpc) is 3.00. The first-order chi connectivity index (χ1) is 10.2. The first-order valence-corrected chi connectivity index (χ1v) is 7.32. The molecule has 1 amide bonds. The van der Waals surface area contributed by atoms with Gasteiger partial charge in [0.2, 0.25) is 0 Å². The van der Waals surface area contributed by atoms with E-state index in [2.05, 4.69) is 10.5 Å². The van der Waals surface area contributed by atoms with Crippen LogP contribution in [0.2, 0.25) is 0 Å². The van der Waals surface area contributed by atoms with Crippen molar-refractivity contribution < 1.29 is 14.4 Å². The second kappa shape index (κ2) is 5.99. The van der Waals surface area contributed by atoms with Crippen LogP contribution in [-0.2, 0) is 9.63 Å². The van der Waals surface area contributed by atoms with Crippen LogP contribution in [-0.4, -0.2) is 16.9 Å². The number of carbonyl (C=O) groups is 2. The molecular formula is C16H18N2O3. The van der Waals surface area contributed by atoms with Crippen molar-refractivity contribution in [2.75, 3.05) is 0 Å². The number of amides is 1. The Labute approximate surface area is 122 Å². The van der Waals surface area contributed by atoms with Crippen LogP contribution in [0.25, 0.3) is 10.9 Å². The predicted octanol–water partition coefficient (Wildman–Crippen LogP) is 2.94. The second-order valence-electron chi connectivity index (χ2n) is 5.47. The molecule has 0 saturated heterocycles. The Bertz CT molecular complexity index is 656. The Morgan fingerprint density at radius 2 is 1.95 bits per heavy atom. The van der Waals surface area contributed by atoms with Gasteiger partial charge in [-0.05, 0) is 37.1 Å². The van der Waals surface area contributed by atoms with Gasteiger partial charge in [-0.15, -0.1) is 0 Å². The lowest BCUT2D eigenvalue weighted by molar-refractivity contribution is -0.155. The Morgan fingerprint density at radius 3 is 2.76 bits per heavy atom. The van der Waals surface area contributed by atoms with Gasteiger partial charge in [-0.25, -0.2) is 4.79 Å². The van der Waals surface area contributed by atoms with E-state index >= 15 is 0 Å². The predicted molar refractivity (Wildman–Crippen MR) is 78.4 cm³/mol. The Hall–Kier alpha value is -2.30. The zero-order valence-corrected chi connectivity index (χ0v) is 11.7. The maximum Gasteiger partial charge on any atom is 0.335 e. The van der Waals surface area contributed by atoms with E-state index in [0.717, 1.165) is 36.6 Å². The van der Waals surface area contributed by atoms with Crippen LogP contribution in [0, 0.1) is 5.92 Å². The fraction of sp³-hybridized carbons (Fsp3) is 0.375. The lowest BCUT2D eigenvalue weighted by atomic mass is 9.89. The zero-order valence-electron chi connectivity index (χ0n) is 11.7. The van der Waals surface area contributed by atoms with Crippen LogP contribution in [0.15, 0.2) is 30.5 Å². The van der Waals surface area contributed by atoms with Crippen molar-refractivity contribution in [3.8, 4) is 0 Å². The van der Waals surface area contributed by atoms with Crippen LogP contribution in [0.4, 0.5) is 0 Å². The van der Waals surface area contributed by atoms with Gasteiger partial charge in [0.15, 0.2) is 0 Å². The van der Waals surface area contributed by atoms with Gasteiger partial charge in [-0.1, -0.05) is 19.3 Å². The van der Waals surface area contributed by atoms with Gasteiger partial charge in [-0.2, -0.15) is 5.48 Å². The third-order valence-electron chi connectivity index (χ3n) is 4.00. The highest BCUT2D eigenvalue weighted by Crippen LogP contribution is 2.24. The highest BCUT2D eigenvalue weighted by atomic mass is 16.7. The minimum absolute atomic E-state index is 0.0776. The molecule has 2 aromatic rings. The minimum Gasteiger partial charge on any atom is -0.361 e. The average molecular weight is 286 g/mol. The molecule has 1 saturated carbocycles. The summed E-state index contributed by atoms with van der Waals surface area (Å²) >= 11 is 0. The summed E-state index contributed by atoms with van der Waals surface area (Å²) in [6.45, 7) is 0. The normalized spacial score (nSPS) is 15.8. The number of aromatic amines is 1. The largest absolute Gasteiger partial charge is 0.361 e. The number of hydroxylamine groups is 1. The van der Waals surface area contributed by atoms with Crippen LogP contribution >= 0.6 is 0 Å². The van der Waals surface area contributed by atoms with Gasteiger partial charge < -0.3 is 9.82 Å². The van der Waals surface area contributed by atoms with E-state index < -0.39 is 5.91 Å². The summed E-state index contributed by atoms with van der Waals surface area (Å²) in [5.41, 5.74) is 3.69. The van der Waals surface area contributed by atoms with Gasteiger partial charge in [-0.3, -0.25) is 4.79 Å². The third kappa shape index (κ3) is 3.07. The summed E-state index contributed by atoms with van der Waals surface area (Å²) in [7, 11) is 0. The summed E-state index contributed by atoms with van der Waals surface area (Å²) < 4.78 is 0. The molecule has 1 heterocycles. The van der Waals surface area contributed by atoms with Gasteiger partial charge in [0.1, 0.15) is 0 Å². The lowest BCUT2D eigenvalue weighted by Crippen LogP contribution is -2.31. The highest BCUT2D eigenvalue weighted by Gasteiger charge is 2.23. The summed E-state index contributed by atoms with van der Waals surface area (Å²) in [6.07, 6.45) is 6.80. The number of rotatable bonds is 2. The number of fused-ring (bicyclic) bond motifs is 1. The van der Waals surface area contributed by atoms with Crippen molar-refractivity contribution in [3.05, 3.63) is 36.0 Å². The lowest BCUT2D eigenvalue weighted by Gasteiger charge is -2.19. The topological polar surface area (TPSA) is 71.2 Å². The first kappa shape index (κ1) is 13.7. The zero-order chi connectivity index (χ0) is 14.7. The molecule has 5 nitrogen and oxygen atoms in total. The molecule has 2 N–H and O–H groups in total. The van der Waals surface area contributed by atoms with Crippen molar-refractivity contribution in [1.82, 2.24) is 10.5 Å². The van der Waals surface area contributed by atoms with Crippen molar-refractivity contribution in [3.63, 3.8) is 0 Å². The molecule has 0 unspecified atom stereocenters. The third-order valence-corrected chi connectivity index (χ3v) is 4.00. The number of aromatic nitrogens is 1. The number of benzene rings is 1. The fourth-order valence-electron chi connectivity index (χ4n) is 2.77. The monoisotopic (exact) mass is 286 g/mol. The molecule has 0 radical (unpaired) electrons. The summed E-state index contributed by atoms with van der Waals surface area (Å²) in [5, 5.41) is 0.946.